The van der Waals surface area contributed by atoms with Crippen LogP contribution in [0.2, 0.25) is 0 Å². The number of carboxylic acids is 1. The number of alkyl halides is 3. The lowest BCUT2D eigenvalue weighted by Crippen LogP contribution is -2.14. The van der Waals surface area contributed by atoms with Crippen LogP contribution in [0.3, 0.4) is 0 Å². The molecule has 0 bridgehead atoms. The average Bonchev–Trinajstić information content (AvgIpc) is 2.15. The molecule has 0 saturated heterocycles. The molecule has 1 aromatic rings. The molecule has 0 unspecified atom stereocenters. The van der Waals surface area contributed by atoms with Crippen molar-refractivity contribution in [3.63, 3.8) is 0 Å². The Kier molecular flexibility index (Phi) is 4.39. The first-order valence-electron chi connectivity index (χ1n) is 4.63. The van der Waals surface area contributed by atoms with Gasteiger partial charge in [0.15, 0.2) is 0 Å². The Hall–Kier alpha value is -1.24. The van der Waals surface area contributed by atoms with Crippen LogP contribution in [0.25, 0.3) is 0 Å². The van der Waals surface area contributed by atoms with Gasteiger partial charge in [0.1, 0.15) is 0 Å². The zero-order valence-corrected chi connectivity index (χ0v) is 10.1. The fraction of sp³-hybridized carbons (Fsp3) is 0.300. The number of anilines is 1. The summed E-state index contributed by atoms with van der Waals surface area (Å²) in [4.78, 5) is 10.7. The summed E-state index contributed by atoms with van der Waals surface area (Å²) in [5.74, 6) is -1.10. The summed E-state index contributed by atoms with van der Waals surface area (Å²) in [5, 5.41) is 11.3. The first-order valence-corrected chi connectivity index (χ1v) is 5.42. The lowest BCUT2D eigenvalue weighted by atomic mass is 10.2. The van der Waals surface area contributed by atoms with E-state index in [4.69, 9.17) is 5.11 Å². The number of carbonyl (C=O) groups is 1. The van der Waals surface area contributed by atoms with Gasteiger partial charge < -0.3 is 10.4 Å². The Morgan fingerprint density at radius 3 is 2.53 bits per heavy atom. The lowest BCUT2D eigenvalue weighted by molar-refractivity contribution is -0.131. The highest BCUT2D eigenvalue weighted by Gasteiger charge is 2.26. The minimum atomic E-state index is -4.20. The lowest BCUT2D eigenvalue weighted by Gasteiger charge is -2.09. The number of benzene rings is 1. The smallest absolute Gasteiger partial charge is 0.390 e. The fourth-order valence-electron chi connectivity index (χ4n) is 1.15. The van der Waals surface area contributed by atoms with E-state index < -0.39 is 18.6 Å². The van der Waals surface area contributed by atoms with Gasteiger partial charge >= 0.3 is 12.1 Å². The van der Waals surface area contributed by atoms with Crippen molar-refractivity contribution in [2.45, 2.75) is 12.6 Å². The van der Waals surface area contributed by atoms with Crippen molar-refractivity contribution in [2.75, 3.05) is 11.9 Å². The highest BCUT2D eigenvalue weighted by Crippen LogP contribution is 2.23. The second kappa shape index (κ2) is 5.39. The number of rotatable bonds is 4. The van der Waals surface area contributed by atoms with Crippen LogP contribution in [0.4, 0.5) is 18.9 Å². The number of hydrogen-bond acceptors (Lipinski definition) is 2. The number of nitrogens with one attached hydrogen (secondary N) is 1. The summed E-state index contributed by atoms with van der Waals surface area (Å²) in [6.07, 6.45) is -5.14. The van der Waals surface area contributed by atoms with Crippen molar-refractivity contribution in [1.29, 1.82) is 0 Å². The van der Waals surface area contributed by atoms with E-state index in [1.807, 2.05) is 0 Å². The van der Waals surface area contributed by atoms with Crippen molar-refractivity contribution >= 4 is 27.6 Å². The minimum absolute atomic E-state index is 0.0615. The van der Waals surface area contributed by atoms with Gasteiger partial charge in [-0.2, -0.15) is 13.2 Å². The van der Waals surface area contributed by atoms with Gasteiger partial charge in [-0.05, 0) is 34.1 Å². The minimum Gasteiger partial charge on any atom is -0.478 e. The van der Waals surface area contributed by atoms with E-state index in [2.05, 4.69) is 21.2 Å². The van der Waals surface area contributed by atoms with Gasteiger partial charge in [0, 0.05) is 16.7 Å². The third-order valence-corrected chi connectivity index (χ3v) is 2.59. The van der Waals surface area contributed by atoms with E-state index in [-0.39, 0.29) is 12.1 Å². The van der Waals surface area contributed by atoms with Crippen LogP contribution in [-0.2, 0) is 0 Å². The number of carboxylic acid groups (broad SMARTS) is 1. The molecule has 0 aliphatic rings. The molecule has 0 fully saturated rings. The molecule has 7 heteroatoms. The molecule has 17 heavy (non-hydrogen) atoms. The summed E-state index contributed by atoms with van der Waals surface area (Å²) in [6.45, 7) is -0.248. The van der Waals surface area contributed by atoms with E-state index in [0.29, 0.717) is 10.2 Å². The van der Waals surface area contributed by atoms with Gasteiger partial charge in [0.2, 0.25) is 0 Å². The zero-order chi connectivity index (χ0) is 13.1. The van der Waals surface area contributed by atoms with Gasteiger partial charge in [0.05, 0.1) is 12.0 Å². The molecule has 0 heterocycles. The summed E-state index contributed by atoms with van der Waals surface area (Å²) >= 11 is 3.04. The van der Waals surface area contributed by atoms with Crippen LogP contribution in [0.15, 0.2) is 22.7 Å². The second-order valence-corrected chi connectivity index (χ2v) is 4.15. The Morgan fingerprint density at radius 1 is 1.41 bits per heavy atom. The Labute approximate surface area is 104 Å². The molecule has 3 nitrogen and oxygen atoms in total. The van der Waals surface area contributed by atoms with E-state index in [9.17, 15) is 18.0 Å². The zero-order valence-electron chi connectivity index (χ0n) is 8.51. The highest BCUT2D eigenvalue weighted by molar-refractivity contribution is 9.10. The first kappa shape index (κ1) is 13.8. The summed E-state index contributed by atoms with van der Waals surface area (Å²) in [5.41, 5.74) is 0.498. The fourth-order valence-corrected chi connectivity index (χ4v) is 1.70. The van der Waals surface area contributed by atoms with E-state index in [1.165, 1.54) is 18.2 Å². The molecular weight excluding hydrogens is 303 g/mol. The quantitative estimate of drug-likeness (QED) is 0.894. The maximum absolute atomic E-state index is 11.9. The van der Waals surface area contributed by atoms with Crippen LogP contribution < -0.4 is 5.32 Å². The van der Waals surface area contributed by atoms with Crippen LogP contribution in [0.1, 0.15) is 16.8 Å². The predicted molar refractivity (Wildman–Crippen MR) is 60.3 cm³/mol. The normalized spacial score (nSPS) is 11.3. The summed E-state index contributed by atoms with van der Waals surface area (Å²) in [6, 6.07) is 4.17. The van der Waals surface area contributed by atoms with Crippen molar-refractivity contribution in [3.05, 3.63) is 28.2 Å². The molecule has 1 aromatic carbocycles. The second-order valence-electron chi connectivity index (χ2n) is 3.29. The highest BCUT2D eigenvalue weighted by atomic mass is 79.9. The van der Waals surface area contributed by atoms with Crippen molar-refractivity contribution in [1.82, 2.24) is 0 Å². The van der Waals surface area contributed by atoms with Gasteiger partial charge in [-0.1, -0.05) is 0 Å². The van der Waals surface area contributed by atoms with Gasteiger partial charge in [0.25, 0.3) is 0 Å². The van der Waals surface area contributed by atoms with Crippen LogP contribution in [0.5, 0.6) is 0 Å². The molecule has 0 saturated carbocycles. The maximum Gasteiger partial charge on any atom is 0.390 e. The topological polar surface area (TPSA) is 49.3 Å². The molecule has 94 valence electrons. The maximum atomic E-state index is 11.9. The number of aromatic carboxylic acids is 1. The van der Waals surface area contributed by atoms with Gasteiger partial charge in [-0.25, -0.2) is 4.79 Å². The molecule has 0 amide bonds. The molecule has 0 radical (unpaired) electrons. The van der Waals surface area contributed by atoms with Crippen LogP contribution in [-0.4, -0.2) is 23.8 Å². The number of hydrogen-bond donors (Lipinski definition) is 2. The van der Waals surface area contributed by atoms with Crippen LogP contribution in [0, 0.1) is 0 Å². The predicted octanol–water partition coefficient (Wildman–Crippen LogP) is 3.51. The van der Waals surface area contributed by atoms with E-state index in [0.717, 1.165) is 0 Å². The molecule has 2 N–H and O–H groups in total. The summed E-state index contributed by atoms with van der Waals surface area (Å²) in [7, 11) is 0. The van der Waals surface area contributed by atoms with Crippen molar-refractivity contribution in [3.8, 4) is 0 Å². The number of halogens is 4. The largest absolute Gasteiger partial charge is 0.478 e. The van der Waals surface area contributed by atoms with Crippen molar-refractivity contribution < 1.29 is 23.1 Å². The Balaban J connectivity index is 2.62. The molecular formula is C10H9BrF3NO2. The van der Waals surface area contributed by atoms with Gasteiger partial charge in [-0.3, -0.25) is 0 Å². The monoisotopic (exact) mass is 311 g/mol. The molecule has 0 atom stereocenters. The molecule has 1 rings (SSSR count). The Bertz CT molecular complexity index is 421. The van der Waals surface area contributed by atoms with E-state index in [1.54, 1.807) is 0 Å². The average molecular weight is 312 g/mol. The summed E-state index contributed by atoms with van der Waals surface area (Å²) < 4.78 is 36.0. The molecule has 0 aliphatic heterocycles. The molecule has 0 aliphatic carbocycles. The van der Waals surface area contributed by atoms with Gasteiger partial charge in [-0.15, -0.1) is 0 Å². The third-order valence-electron chi connectivity index (χ3n) is 1.94. The Morgan fingerprint density at radius 2 is 2.06 bits per heavy atom. The third kappa shape index (κ3) is 4.64. The van der Waals surface area contributed by atoms with Crippen LogP contribution >= 0.6 is 15.9 Å². The molecule has 0 aromatic heterocycles. The molecule has 0 spiro atoms. The van der Waals surface area contributed by atoms with Crippen molar-refractivity contribution in [2.24, 2.45) is 0 Å². The SMILES string of the molecule is O=C(O)c1ccc(NCCC(F)(F)F)cc1Br. The first-order chi connectivity index (χ1) is 7.79. The standard InChI is InChI=1S/C10H9BrF3NO2/c11-8-5-6(1-2-7(8)9(16)17)15-4-3-10(12,13)14/h1-2,5,15H,3-4H2,(H,16,17). The van der Waals surface area contributed by atoms with E-state index >= 15 is 0 Å².